The first kappa shape index (κ1) is 16.4. The molecule has 1 fully saturated rings. The largest absolute Gasteiger partial charge is 0.379 e. The SMILES string of the molecule is CC(C)(C)OCCOCCC1CCCC1(N)C(N)=O. The van der Waals surface area contributed by atoms with Gasteiger partial charge in [-0.1, -0.05) is 6.42 Å². The maximum absolute atomic E-state index is 11.4. The van der Waals surface area contributed by atoms with E-state index in [-0.39, 0.29) is 17.4 Å². The second kappa shape index (κ2) is 6.68. The molecular formula is C14H28N2O3. The van der Waals surface area contributed by atoms with E-state index in [1.807, 2.05) is 20.8 Å². The van der Waals surface area contributed by atoms with Crippen molar-refractivity contribution in [2.75, 3.05) is 19.8 Å². The molecule has 2 unspecified atom stereocenters. The fourth-order valence-electron chi connectivity index (χ4n) is 2.56. The number of amides is 1. The molecule has 5 heteroatoms. The summed E-state index contributed by atoms with van der Waals surface area (Å²) in [5, 5.41) is 0. The van der Waals surface area contributed by atoms with Gasteiger partial charge in [-0.25, -0.2) is 0 Å². The van der Waals surface area contributed by atoms with E-state index in [1.54, 1.807) is 0 Å². The van der Waals surface area contributed by atoms with Crippen molar-refractivity contribution < 1.29 is 14.3 Å². The highest BCUT2D eigenvalue weighted by Gasteiger charge is 2.43. The predicted molar refractivity (Wildman–Crippen MR) is 74.6 cm³/mol. The summed E-state index contributed by atoms with van der Waals surface area (Å²) in [6.07, 6.45) is 3.41. The van der Waals surface area contributed by atoms with E-state index in [0.29, 0.717) is 26.2 Å². The molecule has 0 radical (unpaired) electrons. The van der Waals surface area contributed by atoms with Gasteiger partial charge in [0.1, 0.15) is 0 Å². The lowest BCUT2D eigenvalue weighted by atomic mass is 9.85. The van der Waals surface area contributed by atoms with Gasteiger partial charge in [0.25, 0.3) is 0 Å². The molecule has 0 aliphatic heterocycles. The first-order valence-corrected chi connectivity index (χ1v) is 7.06. The van der Waals surface area contributed by atoms with Crippen molar-refractivity contribution in [3.05, 3.63) is 0 Å². The van der Waals surface area contributed by atoms with Crippen molar-refractivity contribution in [2.24, 2.45) is 17.4 Å². The summed E-state index contributed by atoms with van der Waals surface area (Å²) in [6, 6.07) is 0. The van der Waals surface area contributed by atoms with Crippen molar-refractivity contribution in [1.29, 1.82) is 0 Å². The lowest BCUT2D eigenvalue weighted by Crippen LogP contribution is -2.54. The molecule has 2 atom stereocenters. The third-order valence-electron chi connectivity index (χ3n) is 3.70. The highest BCUT2D eigenvalue weighted by molar-refractivity contribution is 5.85. The number of ether oxygens (including phenoxy) is 2. The standard InChI is InChI=1S/C14H28N2O3/c1-13(2,3)19-10-9-18-8-6-11-5-4-7-14(11,16)12(15)17/h11H,4-10,16H2,1-3H3,(H2,15,17). The summed E-state index contributed by atoms with van der Waals surface area (Å²) in [7, 11) is 0. The Morgan fingerprint density at radius 2 is 2.00 bits per heavy atom. The van der Waals surface area contributed by atoms with Crippen molar-refractivity contribution in [2.45, 2.75) is 57.6 Å². The maximum Gasteiger partial charge on any atom is 0.237 e. The highest BCUT2D eigenvalue weighted by Crippen LogP contribution is 2.35. The Balaban J connectivity index is 2.18. The lowest BCUT2D eigenvalue weighted by molar-refractivity contribution is -0.124. The Morgan fingerprint density at radius 1 is 1.32 bits per heavy atom. The average molecular weight is 272 g/mol. The smallest absolute Gasteiger partial charge is 0.237 e. The molecule has 0 bridgehead atoms. The van der Waals surface area contributed by atoms with Crippen molar-refractivity contribution >= 4 is 5.91 Å². The summed E-state index contributed by atoms with van der Waals surface area (Å²) in [5.41, 5.74) is 10.5. The van der Waals surface area contributed by atoms with Crippen LogP contribution in [0, 0.1) is 5.92 Å². The highest BCUT2D eigenvalue weighted by atomic mass is 16.5. The lowest BCUT2D eigenvalue weighted by Gasteiger charge is -2.28. The van der Waals surface area contributed by atoms with Gasteiger partial charge in [0.05, 0.1) is 24.4 Å². The molecule has 0 aromatic rings. The minimum Gasteiger partial charge on any atom is -0.379 e. The molecule has 0 aromatic carbocycles. The second-order valence-electron chi connectivity index (χ2n) is 6.36. The molecule has 0 spiro atoms. The third-order valence-corrected chi connectivity index (χ3v) is 3.70. The van der Waals surface area contributed by atoms with Gasteiger partial charge in [-0.15, -0.1) is 0 Å². The zero-order valence-corrected chi connectivity index (χ0v) is 12.4. The Hall–Kier alpha value is -0.650. The van der Waals surface area contributed by atoms with Gasteiger partial charge in [-0.3, -0.25) is 4.79 Å². The Morgan fingerprint density at radius 3 is 2.58 bits per heavy atom. The molecule has 0 heterocycles. The molecule has 1 rings (SSSR count). The van der Waals surface area contributed by atoms with E-state index in [0.717, 1.165) is 19.3 Å². The molecule has 1 saturated carbocycles. The van der Waals surface area contributed by atoms with Crippen LogP contribution in [-0.2, 0) is 14.3 Å². The molecule has 112 valence electrons. The van der Waals surface area contributed by atoms with Crippen molar-refractivity contribution in [3.8, 4) is 0 Å². The number of hydrogen-bond donors (Lipinski definition) is 2. The number of rotatable bonds is 7. The Bertz CT molecular complexity index is 302. The molecule has 1 amide bonds. The first-order chi connectivity index (χ1) is 8.76. The molecule has 1 aliphatic rings. The van der Waals surface area contributed by atoms with Crippen LogP contribution in [0.5, 0.6) is 0 Å². The van der Waals surface area contributed by atoms with Gasteiger partial charge in [-0.05, 0) is 46.0 Å². The molecule has 5 nitrogen and oxygen atoms in total. The van der Waals surface area contributed by atoms with E-state index in [1.165, 1.54) is 0 Å². The summed E-state index contributed by atoms with van der Waals surface area (Å²) in [4.78, 5) is 11.4. The average Bonchev–Trinajstić information content (AvgIpc) is 2.65. The first-order valence-electron chi connectivity index (χ1n) is 7.06. The van der Waals surface area contributed by atoms with Crippen LogP contribution in [0.3, 0.4) is 0 Å². The van der Waals surface area contributed by atoms with E-state index in [4.69, 9.17) is 20.9 Å². The summed E-state index contributed by atoms with van der Waals surface area (Å²) in [6.45, 7) is 7.80. The van der Waals surface area contributed by atoms with E-state index >= 15 is 0 Å². The van der Waals surface area contributed by atoms with Crippen LogP contribution in [0.25, 0.3) is 0 Å². The van der Waals surface area contributed by atoms with Crippen molar-refractivity contribution in [3.63, 3.8) is 0 Å². The Labute approximate surface area is 116 Å². The zero-order chi connectivity index (χ0) is 14.5. The minimum atomic E-state index is -0.828. The predicted octanol–water partition coefficient (Wildman–Crippen LogP) is 1.19. The van der Waals surface area contributed by atoms with E-state index < -0.39 is 5.54 Å². The fraction of sp³-hybridized carbons (Fsp3) is 0.929. The van der Waals surface area contributed by atoms with Crippen LogP contribution in [0.1, 0.15) is 46.5 Å². The van der Waals surface area contributed by atoms with Gasteiger partial charge >= 0.3 is 0 Å². The molecule has 1 aliphatic carbocycles. The van der Waals surface area contributed by atoms with Crippen LogP contribution in [0.2, 0.25) is 0 Å². The molecule has 0 aromatic heterocycles. The minimum absolute atomic E-state index is 0.132. The number of carbonyl (C=O) groups excluding carboxylic acids is 1. The van der Waals surface area contributed by atoms with Gasteiger partial charge in [0, 0.05) is 6.61 Å². The van der Waals surface area contributed by atoms with Crippen LogP contribution < -0.4 is 11.5 Å². The van der Waals surface area contributed by atoms with Crippen LogP contribution in [-0.4, -0.2) is 36.9 Å². The summed E-state index contributed by atoms with van der Waals surface area (Å²) >= 11 is 0. The van der Waals surface area contributed by atoms with Crippen LogP contribution in [0.15, 0.2) is 0 Å². The second-order valence-corrected chi connectivity index (χ2v) is 6.36. The maximum atomic E-state index is 11.4. The quantitative estimate of drug-likeness (QED) is 0.681. The monoisotopic (exact) mass is 272 g/mol. The van der Waals surface area contributed by atoms with Crippen LogP contribution in [0.4, 0.5) is 0 Å². The van der Waals surface area contributed by atoms with Gasteiger partial charge in [-0.2, -0.15) is 0 Å². The number of primary amides is 1. The topological polar surface area (TPSA) is 87.6 Å². The Kier molecular flexibility index (Phi) is 5.77. The molecular weight excluding hydrogens is 244 g/mol. The normalized spacial score (nSPS) is 27.7. The number of nitrogens with two attached hydrogens (primary N) is 2. The van der Waals surface area contributed by atoms with Crippen molar-refractivity contribution in [1.82, 2.24) is 0 Å². The number of hydrogen-bond acceptors (Lipinski definition) is 4. The van der Waals surface area contributed by atoms with Gasteiger partial charge in [0.15, 0.2) is 0 Å². The molecule has 19 heavy (non-hydrogen) atoms. The van der Waals surface area contributed by atoms with Crippen LogP contribution >= 0.6 is 0 Å². The fourth-order valence-corrected chi connectivity index (χ4v) is 2.56. The van der Waals surface area contributed by atoms with E-state index in [9.17, 15) is 4.79 Å². The summed E-state index contributed by atoms with van der Waals surface area (Å²) < 4.78 is 11.1. The number of carbonyl (C=O) groups is 1. The molecule has 0 saturated heterocycles. The zero-order valence-electron chi connectivity index (χ0n) is 12.4. The third kappa shape index (κ3) is 5.09. The van der Waals surface area contributed by atoms with Gasteiger partial charge in [0.2, 0.25) is 5.91 Å². The van der Waals surface area contributed by atoms with Gasteiger partial charge < -0.3 is 20.9 Å². The van der Waals surface area contributed by atoms with E-state index in [2.05, 4.69) is 0 Å². The summed E-state index contributed by atoms with van der Waals surface area (Å²) in [5.74, 6) is -0.236. The molecule has 4 N–H and O–H groups in total.